The summed E-state index contributed by atoms with van der Waals surface area (Å²) >= 11 is 5.88. The van der Waals surface area contributed by atoms with E-state index in [0.717, 1.165) is 17.5 Å². The number of aryl methyl sites for hydroxylation is 1. The molecular weight excluding hydrogens is 396 g/mol. The van der Waals surface area contributed by atoms with Crippen LogP contribution in [-0.2, 0) is 21.4 Å². The molecule has 0 radical (unpaired) electrons. The molecule has 0 fully saturated rings. The molecule has 0 unspecified atom stereocenters. The van der Waals surface area contributed by atoms with Crippen molar-refractivity contribution in [3.05, 3.63) is 64.7 Å². The number of amides is 1. The Morgan fingerprint density at radius 3 is 2.43 bits per heavy atom. The Morgan fingerprint density at radius 1 is 1.14 bits per heavy atom. The van der Waals surface area contributed by atoms with Crippen LogP contribution in [0.1, 0.15) is 31.4 Å². The molecule has 2 rings (SSSR count). The fourth-order valence-corrected chi connectivity index (χ4v) is 4.22. The van der Waals surface area contributed by atoms with Gasteiger partial charge in [0.15, 0.2) is 0 Å². The first-order chi connectivity index (χ1) is 13.2. The summed E-state index contributed by atoms with van der Waals surface area (Å²) in [6, 6.07) is 13.6. The van der Waals surface area contributed by atoms with E-state index in [1.165, 1.54) is 28.6 Å². The van der Waals surface area contributed by atoms with Crippen molar-refractivity contribution >= 4 is 27.5 Å². The lowest BCUT2D eigenvalue weighted by atomic mass is 10.1. The molecule has 0 aromatic heterocycles. The number of benzene rings is 2. The Labute approximate surface area is 172 Å². The van der Waals surface area contributed by atoms with Crippen LogP contribution in [0.3, 0.4) is 0 Å². The Morgan fingerprint density at radius 2 is 1.82 bits per heavy atom. The Bertz CT molecular complexity index is 896. The highest BCUT2D eigenvalue weighted by Gasteiger charge is 2.27. The van der Waals surface area contributed by atoms with Gasteiger partial charge in [-0.25, -0.2) is 8.42 Å². The number of sulfonamides is 1. The van der Waals surface area contributed by atoms with Crippen molar-refractivity contribution in [1.82, 2.24) is 9.62 Å². The van der Waals surface area contributed by atoms with Crippen molar-refractivity contribution in [2.45, 2.75) is 38.6 Å². The van der Waals surface area contributed by atoms with E-state index < -0.39 is 10.0 Å². The van der Waals surface area contributed by atoms with Crippen LogP contribution < -0.4 is 5.32 Å². The van der Waals surface area contributed by atoms with Gasteiger partial charge in [-0.3, -0.25) is 4.79 Å². The minimum absolute atomic E-state index is 0.111. The Hall–Kier alpha value is -1.89. The molecule has 1 amide bonds. The van der Waals surface area contributed by atoms with Gasteiger partial charge >= 0.3 is 0 Å². The van der Waals surface area contributed by atoms with Crippen LogP contribution >= 0.6 is 11.6 Å². The van der Waals surface area contributed by atoms with Gasteiger partial charge in [0.25, 0.3) is 0 Å². The van der Waals surface area contributed by atoms with Crippen molar-refractivity contribution in [3.8, 4) is 0 Å². The molecule has 0 spiro atoms. The topological polar surface area (TPSA) is 66.5 Å². The summed E-state index contributed by atoms with van der Waals surface area (Å²) in [7, 11) is -3.85. The molecule has 0 aliphatic carbocycles. The second kappa shape index (κ2) is 10.0. The maximum atomic E-state index is 13.2. The van der Waals surface area contributed by atoms with Crippen molar-refractivity contribution in [2.24, 2.45) is 5.92 Å². The molecule has 0 atom stereocenters. The zero-order chi connectivity index (χ0) is 20.7. The maximum Gasteiger partial charge on any atom is 0.243 e. The number of halogens is 1. The Kier molecular flexibility index (Phi) is 8.04. The summed E-state index contributed by atoms with van der Waals surface area (Å²) in [6.45, 7) is 6.49. The Balaban J connectivity index is 2.24. The molecule has 152 valence electrons. The second-order valence-electron chi connectivity index (χ2n) is 7.25. The third-order valence-electron chi connectivity index (χ3n) is 4.26. The van der Waals surface area contributed by atoms with E-state index in [1.807, 2.05) is 31.2 Å². The van der Waals surface area contributed by atoms with Crippen LogP contribution in [0.5, 0.6) is 0 Å². The quantitative estimate of drug-likeness (QED) is 0.664. The first-order valence-electron chi connectivity index (χ1n) is 9.26. The molecule has 2 aromatic rings. The van der Waals surface area contributed by atoms with Crippen LogP contribution in [0.25, 0.3) is 0 Å². The summed E-state index contributed by atoms with van der Waals surface area (Å²) in [5.41, 5.74) is 1.86. The van der Waals surface area contributed by atoms with Crippen LogP contribution in [0.15, 0.2) is 53.4 Å². The van der Waals surface area contributed by atoms with Gasteiger partial charge in [0.2, 0.25) is 15.9 Å². The molecular formula is C21H27ClN2O3S. The van der Waals surface area contributed by atoms with Crippen LogP contribution in [0.2, 0.25) is 5.02 Å². The number of hydrogen-bond acceptors (Lipinski definition) is 3. The minimum atomic E-state index is -3.85. The van der Waals surface area contributed by atoms with Crippen molar-refractivity contribution in [3.63, 3.8) is 0 Å². The predicted octanol–water partition coefficient (Wildman–Crippen LogP) is 4.00. The smallest absolute Gasteiger partial charge is 0.243 e. The predicted molar refractivity (Wildman–Crippen MR) is 113 cm³/mol. The summed E-state index contributed by atoms with van der Waals surface area (Å²) < 4.78 is 27.5. The van der Waals surface area contributed by atoms with Gasteiger partial charge in [0.1, 0.15) is 0 Å². The first kappa shape index (κ1) is 22.4. The van der Waals surface area contributed by atoms with E-state index in [9.17, 15) is 13.2 Å². The lowest BCUT2D eigenvalue weighted by Crippen LogP contribution is -2.40. The van der Waals surface area contributed by atoms with E-state index in [1.54, 1.807) is 0 Å². The van der Waals surface area contributed by atoms with Gasteiger partial charge in [0.05, 0.1) is 11.4 Å². The van der Waals surface area contributed by atoms with Crippen LogP contribution in [-0.4, -0.2) is 31.7 Å². The number of hydrogen-bond donors (Lipinski definition) is 1. The summed E-state index contributed by atoms with van der Waals surface area (Å²) in [5, 5.41) is 3.26. The molecule has 0 bridgehead atoms. The number of nitrogens with zero attached hydrogens (tertiary/aromatic N) is 1. The van der Waals surface area contributed by atoms with Gasteiger partial charge in [-0.1, -0.05) is 55.3 Å². The van der Waals surface area contributed by atoms with Crippen molar-refractivity contribution < 1.29 is 13.2 Å². The maximum absolute atomic E-state index is 13.2. The SMILES string of the molecule is Cc1cccc(CN(CC(=O)NCCC(C)C)S(=O)(=O)c2ccc(Cl)cc2)c1. The van der Waals surface area contributed by atoms with Gasteiger partial charge < -0.3 is 5.32 Å². The number of carbonyl (C=O) groups is 1. The molecule has 0 aliphatic heterocycles. The summed E-state index contributed by atoms with van der Waals surface area (Å²) in [6.07, 6.45) is 0.841. The molecule has 2 aromatic carbocycles. The highest BCUT2D eigenvalue weighted by molar-refractivity contribution is 7.89. The minimum Gasteiger partial charge on any atom is -0.355 e. The third-order valence-corrected chi connectivity index (χ3v) is 6.31. The van der Waals surface area contributed by atoms with Crippen molar-refractivity contribution in [2.75, 3.05) is 13.1 Å². The van der Waals surface area contributed by atoms with Crippen molar-refractivity contribution in [1.29, 1.82) is 0 Å². The van der Waals surface area contributed by atoms with E-state index in [4.69, 9.17) is 11.6 Å². The van der Waals surface area contributed by atoms with Crippen LogP contribution in [0.4, 0.5) is 0 Å². The van der Waals surface area contributed by atoms with E-state index >= 15 is 0 Å². The number of carbonyl (C=O) groups excluding carboxylic acids is 1. The summed E-state index contributed by atoms with van der Waals surface area (Å²) in [5.74, 6) is 0.146. The van der Waals surface area contributed by atoms with Crippen LogP contribution in [0, 0.1) is 12.8 Å². The normalized spacial score (nSPS) is 11.8. The fraction of sp³-hybridized carbons (Fsp3) is 0.381. The molecule has 0 aliphatic rings. The average molecular weight is 423 g/mol. The lowest BCUT2D eigenvalue weighted by Gasteiger charge is -2.22. The fourth-order valence-electron chi connectivity index (χ4n) is 2.71. The average Bonchev–Trinajstić information content (AvgIpc) is 2.61. The molecule has 1 N–H and O–H groups in total. The molecule has 0 saturated carbocycles. The third kappa shape index (κ3) is 6.62. The van der Waals surface area contributed by atoms with Gasteiger partial charge in [-0.15, -0.1) is 0 Å². The zero-order valence-electron chi connectivity index (χ0n) is 16.5. The lowest BCUT2D eigenvalue weighted by molar-refractivity contribution is -0.121. The van der Waals surface area contributed by atoms with E-state index in [0.29, 0.717) is 17.5 Å². The van der Waals surface area contributed by atoms with E-state index in [2.05, 4.69) is 19.2 Å². The molecule has 5 nitrogen and oxygen atoms in total. The van der Waals surface area contributed by atoms with Gasteiger partial charge in [-0.2, -0.15) is 4.31 Å². The largest absolute Gasteiger partial charge is 0.355 e. The van der Waals surface area contributed by atoms with Gasteiger partial charge in [0, 0.05) is 18.1 Å². The molecule has 28 heavy (non-hydrogen) atoms. The van der Waals surface area contributed by atoms with Gasteiger partial charge in [-0.05, 0) is 49.1 Å². The number of nitrogens with one attached hydrogen (secondary N) is 1. The molecule has 0 heterocycles. The summed E-state index contributed by atoms with van der Waals surface area (Å²) in [4.78, 5) is 12.5. The monoisotopic (exact) mass is 422 g/mol. The molecule has 0 saturated heterocycles. The molecule has 7 heteroatoms. The number of rotatable bonds is 9. The first-order valence-corrected chi connectivity index (χ1v) is 11.1. The standard InChI is InChI=1S/C21H27ClN2O3S/c1-16(2)11-12-23-21(25)15-24(14-18-6-4-5-17(3)13-18)28(26,27)20-9-7-19(22)8-10-20/h4-10,13,16H,11-12,14-15H2,1-3H3,(H,23,25). The second-order valence-corrected chi connectivity index (χ2v) is 9.62. The highest BCUT2D eigenvalue weighted by atomic mass is 35.5. The highest BCUT2D eigenvalue weighted by Crippen LogP contribution is 2.21. The zero-order valence-corrected chi connectivity index (χ0v) is 18.1. The van der Waals surface area contributed by atoms with E-state index in [-0.39, 0.29) is 23.9 Å².